The van der Waals surface area contributed by atoms with Crippen LogP contribution in [0.1, 0.15) is 16.2 Å². The van der Waals surface area contributed by atoms with Gasteiger partial charge in [0.1, 0.15) is 17.1 Å². The lowest BCUT2D eigenvalue weighted by Crippen LogP contribution is -2.02. The fraction of sp³-hybridized carbons (Fsp3) is 0.100. The molecule has 0 aliphatic heterocycles. The standard InChI is InChI=1S/C10H7N3O5S/c1-5-11-10(19-12-5)18-6-2-3-8(13(16)17)7(4-6)9(14)15/h2-4H,1H3,(H,14,15). The Kier molecular flexibility index (Phi) is 3.38. The van der Waals surface area contributed by atoms with E-state index in [9.17, 15) is 14.9 Å². The number of hydrogen-bond acceptors (Lipinski definition) is 7. The number of ether oxygens (including phenoxy) is 1. The Hall–Kier alpha value is -2.55. The number of aryl methyl sites for hydroxylation is 1. The molecule has 0 bridgehead atoms. The molecule has 2 rings (SSSR count). The molecule has 1 N–H and O–H groups in total. The van der Waals surface area contributed by atoms with Gasteiger partial charge in [0.05, 0.1) is 4.92 Å². The first-order valence-corrected chi connectivity index (χ1v) is 5.74. The average molecular weight is 281 g/mol. The van der Waals surface area contributed by atoms with Crippen LogP contribution in [0.25, 0.3) is 0 Å². The first kappa shape index (κ1) is 12.9. The van der Waals surface area contributed by atoms with E-state index < -0.39 is 22.1 Å². The highest BCUT2D eigenvalue weighted by Crippen LogP contribution is 2.28. The Balaban J connectivity index is 2.35. The van der Waals surface area contributed by atoms with E-state index >= 15 is 0 Å². The van der Waals surface area contributed by atoms with Gasteiger partial charge >= 0.3 is 5.97 Å². The fourth-order valence-corrected chi connectivity index (χ4v) is 1.89. The molecule has 8 nitrogen and oxygen atoms in total. The minimum absolute atomic E-state index is 0.152. The summed E-state index contributed by atoms with van der Waals surface area (Å²) in [5.74, 6) is -0.717. The second-order valence-electron chi connectivity index (χ2n) is 3.45. The zero-order valence-corrected chi connectivity index (χ0v) is 10.4. The minimum atomic E-state index is -1.40. The van der Waals surface area contributed by atoms with E-state index in [-0.39, 0.29) is 10.9 Å². The molecule has 98 valence electrons. The molecular formula is C10H7N3O5S. The van der Waals surface area contributed by atoms with Gasteiger partial charge in [-0.05, 0) is 13.0 Å². The Morgan fingerprint density at radius 1 is 1.53 bits per heavy atom. The molecule has 0 saturated heterocycles. The summed E-state index contributed by atoms with van der Waals surface area (Å²) in [7, 11) is 0. The van der Waals surface area contributed by atoms with E-state index in [0.29, 0.717) is 5.82 Å². The highest BCUT2D eigenvalue weighted by atomic mass is 32.1. The van der Waals surface area contributed by atoms with Crippen molar-refractivity contribution in [3.63, 3.8) is 0 Å². The molecular weight excluding hydrogens is 274 g/mol. The number of nitro groups is 1. The van der Waals surface area contributed by atoms with Crippen LogP contribution >= 0.6 is 11.5 Å². The van der Waals surface area contributed by atoms with Crippen LogP contribution in [-0.2, 0) is 0 Å². The Morgan fingerprint density at radius 3 is 2.79 bits per heavy atom. The molecule has 1 aromatic carbocycles. The number of aromatic nitrogens is 2. The summed E-state index contributed by atoms with van der Waals surface area (Å²) in [6.45, 7) is 1.68. The van der Waals surface area contributed by atoms with E-state index in [1.54, 1.807) is 6.92 Å². The molecule has 0 saturated carbocycles. The third-order valence-corrected chi connectivity index (χ3v) is 2.80. The van der Waals surface area contributed by atoms with Gasteiger partial charge in [0.15, 0.2) is 0 Å². The number of benzene rings is 1. The van der Waals surface area contributed by atoms with Crippen LogP contribution in [0.2, 0.25) is 0 Å². The van der Waals surface area contributed by atoms with Crippen LogP contribution in [-0.4, -0.2) is 25.4 Å². The number of carboxylic acid groups (broad SMARTS) is 1. The van der Waals surface area contributed by atoms with Gasteiger partial charge in [0, 0.05) is 23.7 Å². The van der Waals surface area contributed by atoms with Gasteiger partial charge in [-0.25, -0.2) is 4.79 Å². The van der Waals surface area contributed by atoms with Crippen molar-refractivity contribution in [3.8, 4) is 10.9 Å². The molecule has 0 amide bonds. The summed E-state index contributed by atoms with van der Waals surface area (Å²) in [5.41, 5.74) is -0.933. The smallest absolute Gasteiger partial charge is 0.342 e. The molecule has 0 fully saturated rings. The lowest BCUT2D eigenvalue weighted by Gasteiger charge is -2.03. The maximum Gasteiger partial charge on any atom is 0.342 e. The van der Waals surface area contributed by atoms with Crippen molar-refractivity contribution < 1.29 is 19.6 Å². The summed E-state index contributed by atoms with van der Waals surface area (Å²) >= 11 is 1.00. The van der Waals surface area contributed by atoms with Gasteiger partial charge in [0.2, 0.25) is 0 Å². The summed E-state index contributed by atoms with van der Waals surface area (Å²) in [5, 5.41) is 19.8. The topological polar surface area (TPSA) is 115 Å². The molecule has 9 heteroatoms. The largest absolute Gasteiger partial charge is 0.477 e. The van der Waals surface area contributed by atoms with Crippen molar-refractivity contribution in [2.75, 3.05) is 0 Å². The second kappa shape index (κ2) is 4.98. The van der Waals surface area contributed by atoms with Crippen LogP contribution in [0.15, 0.2) is 18.2 Å². The number of hydrogen-bond donors (Lipinski definition) is 1. The van der Waals surface area contributed by atoms with Gasteiger partial charge < -0.3 is 9.84 Å². The Morgan fingerprint density at radius 2 is 2.26 bits per heavy atom. The van der Waals surface area contributed by atoms with Crippen molar-refractivity contribution in [3.05, 3.63) is 39.7 Å². The van der Waals surface area contributed by atoms with Crippen LogP contribution in [0.5, 0.6) is 10.9 Å². The third kappa shape index (κ3) is 2.83. The van der Waals surface area contributed by atoms with E-state index in [1.165, 1.54) is 6.07 Å². The Labute approximate surface area is 110 Å². The zero-order chi connectivity index (χ0) is 14.0. The van der Waals surface area contributed by atoms with Crippen LogP contribution in [0.3, 0.4) is 0 Å². The van der Waals surface area contributed by atoms with Gasteiger partial charge in [-0.2, -0.15) is 9.36 Å². The molecule has 0 unspecified atom stereocenters. The van der Waals surface area contributed by atoms with Crippen molar-refractivity contribution >= 4 is 23.2 Å². The maximum atomic E-state index is 10.9. The summed E-state index contributed by atoms with van der Waals surface area (Å²) < 4.78 is 9.18. The van der Waals surface area contributed by atoms with Crippen molar-refractivity contribution in [1.29, 1.82) is 0 Å². The quantitative estimate of drug-likeness (QED) is 0.674. The minimum Gasteiger partial charge on any atom is -0.477 e. The molecule has 0 aliphatic carbocycles. The van der Waals surface area contributed by atoms with E-state index in [4.69, 9.17) is 9.84 Å². The zero-order valence-electron chi connectivity index (χ0n) is 9.56. The van der Waals surface area contributed by atoms with E-state index in [2.05, 4.69) is 9.36 Å². The second-order valence-corrected chi connectivity index (χ2v) is 4.17. The fourth-order valence-electron chi connectivity index (χ4n) is 1.33. The molecule has 2 aromatic rings. The molecule has 0 aliphatic rings. The van der Waals surface area contributed by atoms with Gasteiger partial charge in [-0.1, -0.05) is 0 Å². The van der Waals surface area contributed by atoms with Crippen LogP contribution < -0.4 is 4.74 Å². The van der Waals surface area contributed by atoms with Crippen LogP contribution in [0, 0.1) is 17.0 Å². The summed E-state index contributed by atoms with van der Waals surface area (Å²) in [6, 6.07) is 3.46. The molecule has 0 atom stereocenters. The highest BCUT2D eigenvalue weighted by Gasteiger charge is 2.20. The summed E-state index contributed by atoms with van der Waals surface area (Å²) in [4.78, 5) is 24.8. The predicted octanol–water partition coefficient (Wildman–Crippen LogP) is 2.25. The van der Waals surface area contributed by atoms with Gasteiger partial charge in [-0.3, -0.25) is 10.1 Å². The number of aromatic carboxylic acids is 1. The third-order valence-electron chi connectivity index (χ3n) is 2.11. The molecule has 1 aromatic heterocycles. The first-order valence-electron chi connectivity index (χ1n) is 4.97. The number of nitro benzene ring substituents is 1. The number of nitrogens with zero attached hydrogens (tertiary/aromatic N) is 3. The number of carbonyl (C=O) groups is 1. The van der Waals surface area contributed by atoms with Gasteiger partial charge in [0.25, 0.3) is 10.9 Å². The molecule has 1 heterocycles. The van der Waals surface area contributed by atoms with E-state index in [1.807, 2.05) is 0 Å². The van der Waals surface area contributed by atoms with Crippen molar-refractivity contribution in [1.82, 2.24) is 9.36 Å². The van der Waals surface area contributed by atoms with Crippen molar-refractivity contribution in [2.24, 2.45) is 0 Å². The van der Waals surface area contributed by atoms with Crippen LogP contribution in [0.4, 0.5) is 5.69 Å². The highest BCUT2D eigenvalue weighted by molar-refractivity contribution is 7.07. The first-order chi connectivity index (χ1) is 8.97. The monoisotopic (exact) mass is 281 g/mol. The number of rotatable bonds is 4. The normalized spacial score (nSPS) is 10.2. The molecule has 0 spiro atoms. The maximum absolute atomic E-state index is 10.9. The average Bonchev–Trinajstić information content (AvgIpc) is 2.74. The molecule has 0 radical (unpaired) electrons. The Bertz CT molecular complexity index is 654. The number of carboxylic acids is 1. The predicted molar refractivity (Wildman–Crippen MR) is 64.8 cm³/mol. The van der Waals surface area contributed by atoms with Crippen molar-refractivity contribution in [2.45, 2.75) is 6.92 Å². The van der Waals surface area contributed by atoms with Gasteiger partial charge in [-0.15, -0.1) is 0 Å². The lowest BCUT2D eigenvalue weighted by molar-refractivity contribution is -0.385. The van der Waals surface area contributed by atoms with E-state index in [0.717, 1.165) is 23.7 Å². The summed E-state index contributed by atoms with van der Waals surface area (Å²) in [6.07, 6.45) is 0. The molecule has 19 heavy (non-hydrogen) atoms. The lowest BCUT2D eigenvalue weighted by atomic mass is 10.2. The SMILES string of the molecule is Cc1nsc(Oc2ccc([N+](=O)[O-])c(C(=O)O)c2)n1.